The van der Waals surface area contributed by atoms with Gasteiger partial charge in [0.15, 0.2) is 0 Å². The second-order valence-corrected chi connectivity index (χ2v) is 6.41. The third-order valence-electron chi connectivity index (χ3n) is 3.60. The van der Waals surface area contributed by atoms with E-state index in [9.17, 15) is 9.59 Å². The van der Waals surface area contributed by atoms with Crippen LogP contribution in [-0.4, -0.2) is 41.2 Å². The van der Waals surface area contributed by atoms with Crippen molar-refractivity contribution in [2.45, 2.75) is 50.3 Å². The van der Waals surface area contributed by atoms with Crippen LogP contribution in [0.1, 0.15) is 39.0 Å². The molecule has 6 heteroatoms. The Hall–Kier alpha value is -0.910. The van der Waals surface area contributed by atoms with Crippen molar-refractivity contribution >= 4 is 23.8 Å². The van der Waals surface area contributed by atoms with Crippen molar-refractivity contribution in [1.29, 1.82) is 0 Å². The molecule has 0 aromatic heterocycles. The molecular formula is C13H24N2O3S. The van der Waals surface area contributed by atoms with Crippen LogP contribution >= 0.6 is 11.8 Å². The van der Waals surface area contributed by atoms with E-state index in [-0.39, 0.29) is 18.0 Å². The second-order valence-electron chi connectivity index (χ2n) is 5.13. The van der Waals surface area contributed by atoms with Gasteiger partial charge in [-0.25, -0.2) is 4.79 Å². The van der Waals surface area contributed by atoms with Gasteiger partial charge < -0.3 is 15.7 Å². The van der Waals surface area contributed by atoms with Gasteiger partial charge in [-0.05, 0) is 31.9 Å². The summed E-state index contributed by atoms with van der Waals surface area (Å²) in [5, 5.41) is 15.2. The van der Waals surface area contributed by atoms with Crippen LogP contribution < -0.4 is 10.6 Å². The minimum atomic E-state index is -0.749. The van der Waals surface area contributed by atoms with Crippen molar-refractivity contribution < 1.29 is 14.7 Å². The molecule has 1 fully saturated rings. The molecule has 0 heterocycles. The van der Waals surface area contributed by atoms with Crippen LogP contribution in [0.3, 0.4) is 0 Å². The van der Waals surface area contributed by atoms with Gasteiger partial charge in [0.2, 0.25) is 0 Å². The van der Waals surface area contributed by atoms with Gasteiger partial charge in [0, 0.05) is 17.8 Å². The fourth-order valence-electron chi connectivity index (χ4n) is 2.29. The summed E-state index contributed by atoms with van der Waals surface area (Å²) in [5.74, 6) is -1.06. The molecule has 1 aliphatic carbocycles. The number of carboxylic acids is 1. The fourth-order valence-corrected chi connectivity index (χ4v) is 2.64. The predicted octanol–water partition coefficient (Wildman–Crippen LogP) is 2.07. The first kappa shape index (κ1) is 16.1. The van der Waals surface area contributed by atoms with E-state index < -0.39 is 5.97 Å². The monoisotopic (exact) mass is 288 g/mol. The van der Waals surface area contributed by atoms with Gasteiger partial charge in [0.25, 0.3) is 0 Å². The summed E-state index contributed by atoms with van der Waals surface area (Å²) >= 11 is 1.78. The van der Waals surface area contributed by atoms with E-state index in [2.05, 4.69) is 23.8 Å². The van der Waals surface area contributed by atoms with Crippen LogP contribution in [0.25, 0.3) is 0 Å². The Morgan fingerprint density at radius 2 is 2.16 bits per heavy atom. The minimum Gasteiger partial charge on any atom is -0.481 e. The first-order chi connectivity index (χ1) is 9.02. The van der Waals surface area contributed by atoms with Crippen LogP contribution in [0.5, 0.6) is 0 Å². The van der Waals surface area contributed by atoms with Crippen LogP contribution in [-0.2, 0) is 4.79 Å². The van der Waals surface area contributed by atoms with Crippen molar-refractivity contribution in [3.63, 3.8) is 0 Å². The molecule has 3 atom stereocenters. The molecule has 0 aliphatic heterocycles. The van der Waals surface area contributed by atoms with Gasteiger partial charge in [-0.2, -0.15) is 11.8 Å². The summed E-state index contributed by atoms with van der Waals surface area (Å²) < 4.78 is 0. The quantitative estimate of drug-likeness (QED) is 0.699. The zero-order valence-corrected chi connectivity index (χ0v) is 12.5. The highest BCUT2D eigenvalue weighted by molar-refractivity contribution is 7.99. The summed E-state index contributed by atoms with van der Waals surface area (Å²) in [6.07, 6.45) is 6.00. The Morgan fingerprint density at radius 1 is 1.42 bits per heavy atom. The van der Waals surface area contributed by atoms with Gasteiger partial charge in [0.05, 0.1) is 5.92 Å². The molecule has 0 radical (unpaired) electrons. The molecule has 0 saturated heterocycles. The van der Waals surface area contributed by atoms with Crippen LogP contribution in [0.15, 0.2) is 0 Å². The fraction of sp³-hybridized carbons (Fsp3) is 0.846. The van der Waals surface area contributed by atoms with Gasteiger partial charge >= 0.3 is 12.0 Å². The molecule has 0 aromatic carbocycles. The number of aliphatic carboxylic acids is 1. The van der Waals surface area contributed by atoms with E-state index >= 15 is 0 Å². The van der Waals surface area contributed by atoms with Crippen molar-refractivity contribution in [1.82, 2.24) is 10.6 Å². The van der Waals surface area contributed by atoms with E-state index in [1.807, 2.05) is 0 Å². The van der Waals surface area contributed by atoms with E-state index in [1.54, 1.807) is 11.8 Å². The molecule has 19 heavy (non-hydrogen) atoms. The Balaban J connectivity index is 2.22. The van der Waals surface area contributed by atoms with Gasteiger partial charge in [-0.1, -0.05) is 13.3 Å². The number of carbonyl (C=O) groups excluding carboxylic acids is 1. The maximum absolute atomic E-state index is 11.7. The summed E-state index contributed by atoms with van der Waals surface area (Å²) in [5.41, 5.74) is 0. The van der Waals surface area contributed by atoms with Crippen molar-refractivity contribution in [2.75, 3.05) is 12.8 Å². The zero-order valence-electron chi connectivity index (χ0n) is 11.6. The summed E-state index contributed by atoms with van der Waals surface area (Å²) in [4.78, 5) is 22.6. The molecule has 0 spiro atoms. The topological polar surface area (TPSA) is 78.4 Å². The number of rotatable bonds is 6. The summed E-state index contributed by atoms with van der Waals surface area (Å²) in [6, 6.07) is -0.183. The number of nitrogens with one attached hydrogen (secondary N) is 2. The molecule has 1 rings (SSSR count). The first-order valence-corrected chi connectivity index (χ1v) is 8.11. The number of hydrogen-bond acceptors (Lipinski definition) is 3. The Morgan fingerprint density at radius 3 is 2.79 bits per heavy atom. The van der Waals surface area contributed by atoms with Crippen molar-refractivity contribution in [2.24, 2.45) is 5.92 Å². The molecular weight excluding hydrogens is 264 g/mol. The average molecular weight is 288 g/mol. The normalized spacial score (nSPS) is 24.5. The largest absolute Gasteiger partial charge is 0.481 e. The number of hydrogen-bond donors (Lipinski definition) is 3. The molecule has 1 aliphatic rings. The lowest BCUT2D eigenvalue weighted by molar-refractivity contribution is -0.143. The number of thioether (sulfide) groups is 1. The average Bonchev–Trinajstić information content (AvgIpc) is 2.38. The lowest BCUT2D eigenvalue weighted by Crippen LogP contribution is -2.45. The number of carbonyl (C=O) groups is 2. The molecule has 5 nitrogen and oxygen atoms in total. The maximum Gasteiger partial charge on any atom is 0.315 e. The SMILES string of the molecule is CSC(C)CCNC(=O)NC1CCCC(C(=O)O)C1. The van der Waals surface area contributed by atoms with E-state index in [1.165, 1.54) is 0 Å². The molecule has 3 N–H and O–H groups in total. The lowest BCUT2D eigenvalue weighted by atomic mass is 9.86. The van der Waals surface area contributed by atoms with E-state index in [0.29, 0.717) is 18.2 Å². The van der Waals surface area contributed by atoms with Gasteiger partial charge in [0.1, 0.15) is 0 Å². The van der Waals surface area contributed by atoms with Crippen LogP contribution in [0, 0.1) is 5.92 Å². The third kappa shape index (κ3) is 6.18. The Kier molecular flexibility index (Phi) is 7.05. The Bertz CT molecular complexity index is 312. The standard InChI is InChI=1S/C13H24N2O3S/c1-9(19-2)6-7-14-13(18)15-11-5-3-4-10(8-11)12(16)17/h9-11H,3-8H2,1-2H3,(H,16,17)(H2,14,15,18). The van der Waals surface area contributed by atoms with Gasteiger partial charge in [-0.15, -0.1) is 0 Å². The number of urea groups is 1. The third-order valence-corrected chi connectivity index (χ3v) is 4.64. The van der Waals surface area contributed by atoms with E-state index in [0.717, 1.165) is 25.7 Å². The predicted molar refractivity (Wildman–Crippen MR) is 77.5 cm³/mol. The Labute approximate surface area is 118 Å². The summed E-state index contributed by atoms with van der Waals surface area (Å²) in [7, 11) is 0. The molecule has 1 saturated carbocycles. The second kappa shape index (κ2) is 8.30. The van der Waals surface area contributed by atoms with Crippen molar-refractivity contribution in [3.8, 4) is 0 Å². The first-order valence-electron chi connectivity index (χ1n) is 6.83. The number of carboxylic acid groups (broad SMARTS) is 1. The molecule has 2 amide bonds. The highest BCUT2D eigenvalue weighted by atomic mass is 32.2. The van der Waals surface area contributed by atoms with Crippen LogP contribution in [0.2, 0.25) is 0 Å². The zero-order chi connectivity index (χ0) is 14.3. The van der Waals surface area contributed by atoms with Crippen LogP contribution in [0.4, 0.5) is 4.79 Å². The lowest BCUT2D eigenvalue weighted by Gasteiger charge is -2.27. The molecule has 110 valence electrons. The molecule has 0 aromatic rings. The maximum atomic E-state index is 11.7. The highest BCUT2D eigenvalue weighted by Crippen LogP contribution is 2.24. The number of amides is 2. The van der Waals surface area contributed by atoms with E-state index in [4.69, 9.17) is 5.11 Å². The molecule has 0 bridgehead atoms. The van der Waals surface area contributed by atoms with Gasteiger partial charge in [-0.3, -0.25) is 4.79 Å². The highest BCUT2D eigenvalue weighted by Gasteiger charge is 2.27. The summed E-state index contributed by atoms with van der Waals surface area (Å²) in [6.45, 7) is 2.78. The van der Waals surface area contributed by atoms with Crippen molar-refractivity contribution in [3.05, 3.63) is 0 Å². The smallest absolute Gasteiger partial charge is 0.315 e. The minimum absolute atomic E-state index is 0.00664. The molecule has 3 unspecified atom stereocenters.